The van der Waals surface area contributed by atoms with Crippen molar-refractivity contribution in [3.05, 3.63) is 265 Å². The van der Waals surface area contributed by atoms with Gasteiger partial charge in [0.2, 0.25) is 0 Å². The standard InChI is InChI=1S/C59H40N2S/c1-5-20-43(21-6-1)60(44-22-7-2-8-23-44)47-33-35-55-51(39-47)52-40-48(61(45-24-9-3-10-25-45)46-26-11-4-12-27-46)34-36-56(52)59(55,54-30-17-19-41-18-13-14-28-49(41)54)42-32-37-58-53(38-42)50-29-15-16-31-57(50)62-58/h1-40H/i13D,14D,17D,18D,19D,28D,30D. The van der Waals surface area contributed by atoms with E-state index in [-0.39, 0.29) is 28.4 Å². The van der Waals surface area contributed by atoms with Gasteiger partial charge in [-0.3, -0.25) is 0 Å². The highest BCUT2D eigenvalue weighted by atomic mass is 32.1. The van der Waals surface area contributed by atoms with Crippen molar-refractivity contribution < 1.29 is 9.60 Å². The highest BCUT2D eigenvalue weighted by molar-refractivity contribution is 7.25. The zero-order valence-electron chi connectivity index (χ0n) is 40.4. The number of nitrogens with zero attached hydrogens (tertiary/aromatic N) is 2. The molecule has 1 aliphatic carbocycles. The first-order valence-electron chi connectivity index (χ1n) is 24.2. The Kier molecular flexibility index (Phi) is 7.03. The van der Waals surface area contributed by atoms with Crippen molar-refractivity contribution in [2.24, 2.45) is 0 Å². The summed E-state index contributed by atoms with van der Waals surface area (Å²) in [5.74, 6) is 0. The maximum atomic E-state index is 10.1. The Labute approximate surface area is 375 Å². The minimum absolute atomic E-state index is 0.0552. The van der Waals surface area contributed by atoms with E-state index >= 15 is 0 Å². The van der Waals surface area contributed by atoms with Crippen LogP contribution in [-0.4, -0.2) is 0 Å². The van der Waals surface area contributed by atoms with Gasteiger partial charge in [-0.25, -0.2) is 0 Å². The summed E-state index contributed by atoms with van der Waals surface area (Å²) in [6, 6.07) is 65.4. The van der Waals surface area contributed by atoms with Gasteiger partial charge in [0.15, 0.2) is 0 Å². The summed E-state index contributed by atoms with van der Waals surface area (Å²) in [4.78, 5) is 4.43. The Hall–Kier alpha value is -7.72. The van der Waals surface area contributed by atoms with E-state index in [0.29, 0.717) is 0 Å². The summed E-state index contributed by atoms with van der Waals surface area (Å²) in [6.07, 6.45) is 0. The fourth-order valence-electron chi connectivity index (χ4n) is 9.57. The van der Waals surface area contributed by atoms with Gasteiger partial charge in [-0.05, 0) is 135 Å². The molecule has 0 fully saturated rings. The monoisotopic (exact) mass is 815 g/mol. The summed E-state index contributed by atoms with van der Waals surface area (Å²) in [6.45, 7) is 0. The quantitative estimate of drug-likeness (QED) is 0.151. The van der Waals surface area contributed by atoms with Gasteiger partial charge in [0.1, 0.15) is 0 Å². The fraction of sp³-hybridized carbons (Fsp3) is 0.0169. The van der Waals surface area contributed by atoms with Gasteiger partial charge >= 0.3 is 0 Å². The number of thiophene rings is 1. The van der Waals surface area contributed by atoms with Crippen LogP contribution in [0.3, 0.4) is 0 Å². The van der Waals surface area contributed by atoms with E-state index in [1.165, 1.54) is 0 Å². The minimum Gasteiger partial charge on any atom is -0.310 e. The molecule has 0 N–H and O–H groups in total. The van der Waals surface area contributed by atoms with Gasteiger partial charge in [-0.2, -0.15) is 0 Å². The molecule has 0 saturated carbocycles. The van der Waals surface area contributed by atoms with Gasteiger partial charge in [-0.15, -0.1) is 11.3 Å². The average Bonchev–Trinajstić information content (AvgIpc) is 3.91. The molecule has 2 nitrogen and oxygen atoms in total. The van der Waals surface area contributed by atoms with Crippen LogP contribution in [0.15, 0.2) is 242 Å². The molecule has 0 amide bonds. The second-order valence-corrected chi connectivity index (χ2v) is 16.6. The van der Waals surface area contributed by atoms with Crippen LogP contribution in [0.4, 0.5) is 34.1 Å². The van der Waals surface area contributed by atoms with Crippen LogP contribution in [-0.2, 0) is 5.41 Å². The fourth-order valence-corrected chi connectivity index (χ4v) is 10.7. The molecule has 12 rings (SSSR count). The SMILES string of the molecule is [2H]c1c([2H])c([2H])c2c(C3(c4ccc5sc6ccccc6c5c4)c4ccc(N(c5ccccc5)c5ccccc5)cc4-c4cc(N(c5ccccc5)c5ccccc5)ccc43)c([2H])c([2H])c([2H])c2c1[2H]. The zero-order valence-corrected chi connectivity index (χ0v) is 34.2. The molecular formula is C59H40N2S. The van der Waals surface area contributed by atoms with Crippen molar-refractivity contribution in [2.75, 3.05) is 9.80 Å². The normalized spacial score (nSPS) is 14.2. The molecule has 1 aliphatic rings. The molecule has 0 bridgehead atoms. The first-order chi connectivity index (χ1) is 33.7. The summed E-state index contributed by atoms with van der Waals surface area (Å²) in [5, 5.41) is 2.05. The topological polar surface area (TPSA) is 6.48 Å². The van der Waals surface area contributed by atoms with Crippen LogP contribution in [0.2, 0.25) is 0 Å². The third-order valence-corrected chi connectivity index (χ3v) is 13.3. The number of fused-ring (bicyclic) bond motifs is 7. The number of para-hydroxylation sites is 4. The molecule has 292 valence electrons. The molecule has 0 unspecified atom stereocenters. The molecule has 10 aromatic carbocycles. The number of hydrogen-bond acceptors (Lipinski definition) is 3. The first-order valence-corrected chi connectivity index (χ1v) is 21.5. The lowest BCUT2D eigenvalue weighted by molar-refractivity contribution is 0.778. The third-order valence-electron chi connectivity index (χ3n) is 12.2. The molecule has 0 saturated heterocycles. The van der Waals surface area contributed by atoms with E-state index in [9.17, 15) is 6.85 Å². The summed E-state index contributed by atoms with van der Waals surface area (Å²) >= 11 is 1.70. The van der Waals surface area contributed by atoms with Crippen LogP contribution >= 0.6 is 11.3 Å². The summed E-state index contributed by atoms with van der Waals surface area (Å²) in [7, 11) is 0. The van der Waals surface area contributed by atoms with Crippen molar-refractivity contribution in [2.45, 2.75) is 5.41 Å². The van der Waals surface area contributed by atoms with Crippen LogP contribution in [0.5, 0.6) is 0 Å². The largest absolute Gasteiger partial charge is 0.310 e. The van der Waals surface area contributed by atoms with Crippen molar-refractivity contribution in [3.8, 4) is 11.1 Å². The van der Waals surface area contributed by atoms with Crippen LogP contribution in [0.25, 0.3) is 42.1 Å². The van der Waals surface area contributed by atoms with Gasteiger partial charge in [0.05, 0.1) is 15.0 Å². The third kappa shape index (κ3) is 5.70. The highest BCUT2D eigenvalue weighted by Gasteiger charge is 2.47. The number of anilines is 6. The van der Waals surface area contributed by atoms with E-state index in [2.05, 4.69) is 125 Å². The van der Waals surface area contributed by atoms with E-state index in [4.69, 9.17) is 2.74 Å². The maximum absolute atomic E-state index is 10.1. The van der Waals surface area contributed by atoms with E-state index in [1.807, 2.05) is 84.9 Å². The molecule has 1 heterocycles. The summed E-state index contributed by atoms with van der Waals surface area (Å²) < 4.78 is 67.8. The smallest absolute Gasteiger partial charge is 0.0719 e. The second-order valence-electron chi connectivity index (χ2n) is 15.5. The Morgan fingerprint density at radius 1 is 0.355 bits per heavy atom. The molecule has 0 spiro atoms. The number of hydrogen-bond donors (Lipinski definition) is 0. The first kappa shape index (κ1) is 29.5. The van der Waals surface area contributed by atoms with Crippen molar-refractivity contribution in [1.82, 2.24) is 0 Å². The maximum Gasteiger partial charge on any atom is 0.0719 e. The molecule has 0 atom stereocenters. The Bertz CT molecular complexity index is 3610. The molecule has 0 aliphatic heterocycles. The predicted octanol–water partition coefficient (Wildman–Crippen LogP) is 16.5. The Morgan fingerprint density at radius 2 is 0.839 bits per heavy atom. The van der Waals surface area contributed by atoms with Crippen LogP contribution < -0.4 is 9.80 Å². The Morgan fingerprint density at radius 3 is 1.40 bits per heavy atom. The molecule has 1 aromatic heterocycles. The van der Waals surface area contributed by atoms with Gasteiger partial charge in [0.25, 0.3) is 0 Å². The van der Waals surface area contributed by atoms with Crippen molar-refractivity contribution in [1.29, 1.82) is 0 Å². The lowest BCUT2D eigenvalue weighted by Gasteiger charge is -2.35. The molecule has 62 heavy (non-hydrogen) atoms. The minimum atomic E-state index is -1.44. The van der Waals surface area contributed by atoms with Crippen LogP contribution in [0, 0.1) is 0 Å². The van der Waals surface area contributed by atoms with E-state index < -0.39 is 35.6 Å². The van der Waals surface area contributed by atoms with Gasteiger partial charge in [-0.1, -0.05) is 151 Å². The summed E-state index contributed by atoms with van der Waals surface area (Å²) in [5.41, 5.74) is 8.40. The van der Waals surface area contributed by atoms with Gasteiger partial charge < -0.3 is 9.80 Å². The van der Waals surface area contributed by atoms with Crippen LogP contribution in [0.1, 0.15) is 31.8 Å². The van der Waals surface area contributed by atoms with Crippen molar-refractivity contribution in [3.63, 3.8) is 0 Å². The van der Waals surface area contributed by atoms with E-state index in [1.54, 1.807) is 11.3 Å². The number of rotatable bonds is 8. The van der Waals surface area contributed by atoms with Crippen molar-refractivity contribution >= 4 is 76.4 Å². The highest BCUT2D eigenvalue weighted by Crippen LogP contribution is 2.60. The molecule has 11 aromatic rings. The molecule has 3 heteroatoms. The lowest BCUT2D eigenvalue weighted by Crippen LogP contribution is -2.29. The Balaban J connectivity index is 1.26. The molecule has 0 radical (unpaired) electrons. The second kappa shape index (κ2) is 14.8. The van der Waals surface area contributed by atoms with Gasteiger partial charge in [0, 0.05) is 54.3 Å². The zero-order chi connectivity index (χ0) is 47.1. The molecular weight excluding hydrogens is 769 g/mol. The average molecular weight is 816 g/mol. The predicted molar refractivity (Wildman–Crippen MR) is 264 cm³/mol. The number of benzene rings is 10. The lowest BCUT2D eigenvalue weighted by atomic mass is 9.66. The van der Waals surface area contributed by atoms with E-state index in [0.717, 1.165) is 82.1 Å².